The van der Waals surface area contributed by atoms with Crippen LogP contribution in [0.25, 0.3) is 0 Å². The number of piperazine rings is 1. The number of hydrogen-bond donors (Lipinski definition) is 1. The summed E-state index contributed by atoms with van der Waals surface area (Å²) in [5.74, 6) is 0.409. The van der Waals surface area contributed by atoms with Crippen LogP contribution in [-0.4, -0.2) is 44.1 Å². The first-order valence-electron chi connectivity index (χ1n) is 9.68. The number of rotatable bonds is 6. The summed E-state index contributed by atoms with van der Waals surface area (Å²) in [7, 11) is 1.61. The number of amides is 1. The normalized spacial score (nSPS) is 14.3. The van der Waals surface area contributed by atoms with Crippen LogP contribution in [0.2, 0.25) is 0 Å². The Balaban J connectivity index is 1.54. The molecule has 3 rings (SSSR count). The van der Waals surface area contributed by atoms with Gasteiger partial charge in [-0.2, -0.15) is 5.26 Å². The molecule has 150 valence electrons. The third-order valence-electron chi connectivity index (χ3n) is 4.97. The Bertz CT molecular complexity index is 907. The fourth-order valence-electron chi connectivity index (χ4n) is 3.28. The number of nitriles is 1. The van der Waals surface area contributed by atoms with Crippen LogP contribution in [-0.2, 0) is 11.3 Å². The Hall–Kier alpha value is -3.46. The lowest BCUT2D eigenvalue weighted by Gasteiger charge is -2.35. The molecule has 1 aliphatic heterocycles. The van der Waals surface area contributed by atoms with Crippen LogP contribution in [0.5, 0.6) is 5.75 Å². The predicted octanol–water partition coefficient (Wildman–Crippen LogP) is 2.85. The maximum absolute atomic E-state index is 12.4. The van der Waals surface area contributed by atoms with E-state index < -0.39 is 0 Å². The molecule has 1 saturated heterocycles. The second kappa shape index (κ2) is 9.65. The van der Waals surface area contributed by atoms with E-state index in [1.165, 1.54) is 11.3 Å². The molecule has 6 nitrogen and oxygen atoms in total. The number of anilines is 1. The third-order valence-corrected chi connectivity index (χ3v) is 4.97. The zero-order valence-electron chi connectivity index (χ0n) is 16.9. The first-order chi connectivity index (χ1) is 14.1. The molecular formula is C23H26N4O2. The summed E-state index contributed by atoms with van der Waals surface area (Å²) in [6, 6.07) is 17.9. The smallest absolute Gasteiger partial charge is 0.263 e. The first-order valence-corrected chi connectivity index (χ1v) is 9.68. The zero-order valence-corrected chi connectivity index (χ0v) is 16.9. The summed E-state index contributed by atoms with van der Waals surface area (Å²) >= 11 is 0. The predicted molar refractivity (Wildman–Crippen MR) is 114 cm³/mol. The quantitative estimate of drug-likeness (QED) is 0.607. The van der Waals surface area contributed by atoms with Crippen molar-refractivity contribution in [2.24, 2.45) is 0 Å². The molecule has 0 unspecified atom stereocenters. The molecule has 2 aromatic rings. The van der Waals surface area contributed by atoms with Gasteiger partial charge in [-0.15, -0.1) is 0 Å². The first kappa shape index (κ1) is 20.3. The van der Waals surface area contributed by atoms with Gasteiger partial charge in [0, 0.05) is 44.6 Å². The van der Waals surface area contributed by atoms with Crippen molar-refractivity contribution in [2.45, 2.75) is 13.5 Å². The maximum atomic E-state index is 12.4. The average molecular weight is 390 g/mol. The maximum Gasteiger partial charge on any atom is 0.263 e. The van der Waals surface area contributed by atoms with E-state index in [0.717, 1.165) is 37.5 Å². The molecular weight excluding hydrogens is 364 g/mol. The highest BCUT2D eigenvalue weighted by Crippen LogP contribution is 2.18. The number of benzene rings is 2. The van der Waals surface area contributed by atoms with Gasteiger partial charge < -0.3 is 19.9 Å². The summed E-state index contributed by atoms with van der Waals surface area (Å²) in [6.07, 6.45) is 1.68. The van der Waals surface area contributed by atoms with Gasteiger partial charge in [0.25, 0.3) is 5.91 Å². The van der Waals surface area contributed by atoms with Gasteiger partial charge >= 0.3 is 0 Å². The summed E-state index contributed by atoms with van der Waals surface area (Å²) in [6.45, 7) is 5.70. The molecule has 0 spiro atoms. The van der Waals surface area contributed by atoms with Crippen LogP contribution < -0.4 is 15.0 Å². The van der Waals surface area contributed by atoms with Crippen LogP contribution in [0, 0.1) is 18.3 Å². The Kier molecular flexibility index (Phi) is 6.75. The molecule has 29 heavy (non-hydrogen) atoms. The molecule has 2 aromatic carbocycles. The van der Waals surface area contributed by atoms with Crippen molar-refractivity contribution in [1.29, 1.82) is 5.26 Å². The van der Waals surface area contributed by atoms with Crippen LogP contribution >= 0.6 is 0 Å². The average Bonchev–Trinajstić information content (AvgIpc) is 2.76. The standard InChI is InChI=1S/C23H26N4O2/c1-18-4-3-5-21(14-18)27-12-10-26(11-13-27)17-20(15-24)23(28)25-16-19-6-8-22(29-2)9-7-19/h3-9,14,17H,10-13,16H2,1-2H3,(H,25,28)/b20-17-. The summed E-state index contributed by atoms with van der Waals surface area (Å²) in [4.78, 5) is 16.8. The van der Waals surface area contributed by atoms with Crippen molar-refractivity contribution in [3.63, 3.8) is 0 Å². The number of carbonyl (C=O) groups is 1. The van der Waals surface area contributed by atoms with Crippen LogP contribution in [0.3, 0.4) is 0 Å². The van der Waals surface area contributed by atoms with Crippen LogP contribution in [0.15, 0.2) is 60.3 Å². The van der Waals surface area contributed by atoms with Crippen molar-refractivity contribution >= 4 is 11.6 Å². The lowest BCUT2D eigenvalue weighted by atomic mass is 10.2. The largest absolute Gasteiger partial charge is 0.497 e. The molecule has 1 aliphatic rings. The van der Waals surface area contributed by atoms with E-state index in [9.17, 15) is 10.1 Å². The number of methoxy groups -OCH3 is 1. The second-order valence-corrected chi connectivity index (χ2v) is 7.05. The monoisotopic (exact) mass is 390 g/mol. The Morgan fingerprint density at radius 1 is 1.17 bits per heavy atom. The molecule has 0 bridgehead atoms. The second-order valence-electron chi connectivity index (χ2n) is 7.05. The summed E-state index contributed by atoms with van der Waals surface area (Å²) < 4.78 is 5.13. The van der Waals surface area contributed by atoms with Crippen molar-refractivity contribution in [2.75, 3.05) is 38.2 Å². The van der Waals surface area contributed by atoms with Crippen molar-refractivity contribution in [3.05, 3.63) is 71.4 Å². The van der Waals surface area contributed by atoms with Gasteiger partial charge in [0.15, 0.2) is 0 Å². The third kappa shape index (κ3) is 5.52. The number of nitrogens with one attached hydrogen (secondary N) is 1. The molecule has 1 N–H and O–H groups in total. The molecule has 1 amide bonds. The molecule has 0 saturated carbocycles. The van der Waals surface area contributed by atoms with Crippen molar-refractivity contribution in [3.8, 4) is 11.8 Å². The topological polar surface area (TPSA) is 68.6 Å². The summed E-state index contributed by atoms with van der Waals surface area (Å²) in [5.41, 5.74) is 3.53. The van der Waals surface area contributed by atoms with Crippen LogP contribution in [0.1, 0.15) is 11.1 Å². The molecule has 1 heterocycles. The van der Waals surface area contributed by atoms with E-state index in [0.29, 0.717) is 6.54 Å². The zero-order chi connectivity index (χ0) is 20.6. The van der Waals surface area contributed by atoms with Gasteiger partial charge in [-0.05, 0) is 42.3 Å². The molecule has 0 radical (unpaired) electrons. The Morgan fingerprint density at radius 3 is 2.52 bits per heavy atom. The van der Waals surface area contributed by atoms with E-state index in [4.69, 9.17) is 4.74 Å². The highest BCUT2D eigenvalue weighted by molar-refractivity contribution is 5.97. The van der Waals surface area contributed by atoms with Crippen LogP contribution in [0.4, 0.5) is 5.69 Å². The summed E-state index contributed by atoms with van der Waals surface area (Å²) in [5, 5.41) is 12.2. The SMILES string of the molecule is COc1ccc(CNC(=O)/C(C#N)=C\N2CCN(c3cccc(C)c3)CC2)cc1. The number of aryl methyl sites for hydroxylation is 1. The van der Waals surface area contributed by atoms with E-state index in [2.05, 4.69) is 41.4 Å². The fourth-order valence-corrected chi connectivity index (χ4v) is 3.28. The molecule has 1 fully saturated rings. The number of hydrogen-bond acceptors (Lipinski definition) is 5. The van der Waals surface area contributed by atoms with Gasteiger partial charge in [0.05, 0.1) is 7.11 Å². The van der Waals surface area contributed by atoms with Gasteiger partial charge in [0.2, 0.25) is 0 Å². The van der Waals surface area contributed by atoms with E-state index >= 15 is 0 Å². The number of ether oxygens (including phenoxy) is 1. The van der Waals surface area contributed by atoms with Gasteiger partial charge in [-0.25, -0.2) is 0 Å². The van der Waals surface area contributed by atoms with Crippen molar-refractivity contribution in [1.82, 2.24) is 10.2 Å². The van der Waals surface area contributed by atoms with E-state index in [1.54, 1.807) is 13.3 Å². The number of carbonyl (C=O) groups excluding carboxylic acids is 1. The molecule has 0 aliphatic carbocycles. The number of nitrogens with zero attached hydrogens (tertiary/aromatic N) is 3. The Morgan fingerprint density at radius 2 is 1.90 bits per heavy atom. The lowest BCUT2D eigenvalue weighted by molar-refractivity contribution is -0.117. The fraction of sp³-hybridized carbons (Fsp3) is 0.304. The van der Waals surface area contributed by atoms with Gasteiger partial charge in [-0.3, -0.25) is 4.79 Å². The lowest BCUT2D eigenvalue weighted by Crippen LogP contribution is -2.44. The Labute approximate surface area is 172 Å². The molecule has 6 heteroatoms. The molecule has 0 atom stereocenters. The van der Waals surface area contributed by atoms with Gasteiger partial charge in [0.1, 0.15) is 17.4 Å². The minimum absolute atomic E-state index is 0.127. The van der Waals surface area contributed by atoms with Crippen molar-refractivity contribution < 1.29 is 9.53 Å². The highest BCUT2D eigenvalue weighted by Gasteiger charge is 2.17. The molecule has 0 aromatic heterocycles. The minimum Gasteiger partial charge on any atom is -0.497 e. The highest BCUT2D eigenvalue weighted by atomic mass is 16.5. The minimum atomic E-state index is -0.357. The van der Waals surface area contributed by atoms with Gasteiger partial charge in [-0.1, -0.05) is 24.3 Å². The van der Waals surface area contributed by atoms with E-state index in [1.807, 2.05) is 35.2 Å². The van der Waals surface area contributed by atoms with E-state index in [-0.39, 0.29) is 11.5 Å².